The van der Waals surface area contributed by atoms with E-state index < -0.39 is 0 Å². The van der Waals surface area contributed by atoms with Crippen LogP contribution >= 0.6 is 0 Å². The lowest BCUT2D eigenvalue weighted by molar-refractivity contribution is 0.156. The molecule has 2 N–H and O–H groups in total. The van der Waals surface area contributed by atoms with Crippen LogP contribution in [-0.2, 0) is 0 Å². The normalized spacial score (nSPS) is 39.2. The average molecular weight is 237 g/mol. The van der Waals surface area contributed by atoms with Gasteiger partial charge in [0, 0.05) is 6.04 Å². The predicted molar refractivity (Wildman–Crippen MR) is 74.9 cm³/mol. The smallest absolute Gasteiger partial charge is 0.00390 e. The summed E-state index contributed by atoms with van der Waals surface area (Å²) in [5.41, 5.74) is 6.00. The Bertz CT molecular complexity index is 198. The number of rotatable bonds is 4. The van der Waals surface area contributed by atoms with Crippen molar-refractivity contribution in [1.82, 2.24) is 0 Å². The van der Waals surface area contributed by atoms with Gasteiger partial charge in [-0.2, -0.15) is 0 Å². The first-order chi connectivity index (χ1) is 8.29. The zero-order chi connectivity index (χ0) is 12.1. The van der Waals surface area contributed by atoms with E-state index >= 15 is 0 Å². The van der Waals surface area contributed by atoms with Crippen LogP contribution in [0.5, 0.6) is 0 Å². The summed E-state index contributed by atoms with van der Waals surface area (Å²) < 4.78 is 0. The standard InChI is InChI=1S/C16H31N/c1-2-3-4-13-5-7-14(8-6-13)15-9-11-16(17)12-10-15/h13-16H,2-12,17H2,1H3/t13-,14-,15?,16?. The van der Waals surface area contributed by atoms with Crippen molar-refractivity contribution in [3.63, 3.8) is 0 Å². The molecule has 2 saturated carbocycles. The van der Waals surface area contributed by atoms with E-state index in [1.807, 2.05) is 0 Å². The minimum atomic E-state index is 0.521. The third-order valence-electron chi connectivity index (χ3n) is 5.34. The van der Waals surface area contributed by atoms with Gasteiger partial charge in [0.05, 0.1) is 0 Å². The highest BCUT2D eigenvalue weighted by atomic mass is 14.6. The number of nitrogens with two attached hydrogens (primary N) is 1. The van der Waals surface area contributed by atoms with E-state index in [-0.39, 0.29) is 0 Å². The maximum Gasteiger partial charge on any atom is 0.00390 e. The van der Waals surface area contributed by atoms with E-state index in [9.17, 15) is 0 Å². The van der Waals surface area contributed by atoms with E-state index in [1.165, 1.54) is 70.6 Å². The van der Waals surface area contributed by atoms with E-state index in [0.29, 0.717) is 6.04 Å². The highest BCUT2D eigenvalue weighted by Crippen LogP contribution is 2.40. The van der Waals surface area contributed by atoms with Crippen LogP contribution in [0.4, 0.5) is 0 Å². The topological polar surface area (TPSA) is 26.0 Å². The molecule has 2 aliphatic carbocycles. The van der Waals surface area contributed by atoms with Gasteiger partial charge < -0.3 is 5.73 Å². The molecule has 2 rings (SSSR count). The van der Waals surface area contributed by atoms with E-state index in [2.05, 4.69) is 6.92 Å². The first kappa shape index (κ1) is 13.4. The second-order valence-electron chi connectivity index (χ2n) is 6.60. The van der Waals surface area contributed by atoms with E-state index in [0.717, 1.165) is 17.8 Å². The summed E-state index contributed by atoms with van der Waals surface area (Å²) in [6.07, 6.45) is 15.8. The van der Waals surface area contributed by atoms with Gasteiger partial charge in [0.2, 0.25) is 0 Å². The zero-order valence-corrected chi connectivity index (χ0v) is 11.7. The zero-order valence-electron chi connectivity index (χ0n) is 11.7. The average Bonchev–Trinajstić information content (AvgIpc) is 2.38. The summed E-state index contributed by atoms with van der Waals surface area (Å²) in [6.45, 7) is 2.32. The van der Waals surface area contributed by atoms with Crippen molar-refractivity contribution >= 4 is 0 Å². The lowest BCUT2D eigenvalue weighted by Crippen LogP contribution is -2.31. The molecule has 100 valence electrons. The minimum absolute atomic E-state index is 0.521. The summed E-state index contributed by atoms with van der Waals surface area (Å²) in [4.78, 5) is 0. The van der Waals surface area contributed by atoms with E-state index in [4.69, 9.17) is 5.73 Å². The SMILES string of the molecule is CCCC[C@H]1CC[C@H](C2CCC(N)CC2)CC1. The van der Waals surface area contributed by atoms with Crippen LogP contribution in [0, 0.1) is 17.8 Å². The van der Waals surface area contributed by atoms with Gasteiger partial charge >= 0.3 is 0 Å². The molecule has 1 heteroatoms. The van der Waals surface area contributed by atoms with Crippen molar-refractivity contribution in [3.05, 3.63) is 0 Å². The molecular formula is C16H31N. The molecule has 17 heavy (non-hydrogen) atoms. The fraction of sp³-hybridized carbons (Fsp3) is 1.00. The molecule has 0 spiro atoms. The highest BCUT2D eigenvalue weighted by Gasteiger charge is 2.29. The molecule has 1 nitrogen and oxygen atoms in total. The molecule has 0 radical (unpaired) electrons. The Morgan fingerprint density at radius 2 is 1.35 bits per heavy atom. The second-order valence-corrected chi connectivity index (χ2v) is 6.60. The highest BCUT2D eigenvalue weighted by molar-refractivity contribution is 4.82. The number of hydrogen-bond donors (Lipinski definition) is 1. The molecule has 0 aromatic rings. The molecule has 0 unspecified atom stereocenters. The van der Waals surface area contributed by atoms with Crippen molar-refractivity contribution in [3.8, 4) is 0 Å². The molecule has 0 heterocycles. The van der Waals surface area contributed by atoms with Crippen molar-refractivity contribution in [2.45, 2.75) is 83.6 Å². The van der Waals surface area contributed by atoms with Crippen LogP contribution in [0.25, 0.3) is 0 Å². The lowest BCUT2D eigenvalue weighted by atomic mass is 9.70. The van der Waals surface area contributed by atoms with Crippen LogP contribution in [0.2, 0.25) is 0 Å². The van der Waals surface area contributed by atoms with Gasteiger partial charge in [0.1, 0.15) is 0 Å². The van der Waals surface area contributed by atoms with Gasteiger partial charge in [0.25, 0.3) is 0 Å². The molecule has 2 aliphatic rings. The first-order valence-electron chi connectivity index (χ1n) is 8.05. The van der Waals surface area contributed by atoms with Gasteiger partial charge in [-0.1, -0.05) is 39.0 Å². The fourth-order valence-electron chi connectivity index (χ4n) is 4.06. The second kappa shape index (κ2) is 6.78. The summed E-state index contributed by atoms with van der Waals surface area (Å²) in [6, 6.07) is 0.521. The Hall–Kier alpha value is -0.0400. The molecule has 0 saturated heterocycles. The summed E-state index contributed by atoms with van der Waals surface area (Å²) in [7, 11) is 0. The molecule has 0 aromatic heterocycles. The fourth-order valence-corrected chi connectivity index (χ4v) is 4.06. The van der Waals surface area contributed by atoms with Crippen LogP contribution in [0.15, 0.2) is 0 Å². The van der Waals surface area contributed by atoms with Crippen LogP contribution in [0.3, 0.4) is 0 Å². The Balaban J connectivity index is 1.68. The summed E-state index contributed by atoms with van der Waals surface area (Å²) in [5, 5.41) is 0. The van der Waals surface area contributed by atoms with Gasteiger partial charge in [-0.05, 0) is 56.3 Å². The summed E-state index contributed by atoms with van der Waals surface area (Å²) >= 11 is 0. The Morgan fingerprint density at radius 3 is 1.88 bits per heavy atom. The third-order valence-corrected chi connectivity index (χ3v) is 5.34. The predicted octanol–water partition coefficient (Wildman–Crippen LogP) is 4.50. The summed E-state index contributed by atoms with van der Waals surface area (Å²) in [5.74, 6) is 3.15. The van der Waals surface area contributed by atoms with Crippen LogP contribution in [-0.4, -0.2) is 6.04 Å². The maximum atomic E-state index is 6.00. The third kappa shape index (κ3) is 3.98. The first-order valence-corrected chi connectivity index (χ1v) is 8.05. The van der Waals surface area contributed by atoms with Crippen molar-refractivity contribution in [2.24, 2.45) is 23.5 Å². The quantitative estimate of drug-likeness (QED) is 0.765. The van der Waals surface area contributed by atoms with Crippen molar-refractivity contribution < 1.29 is 0 Å². The van der Waals surface area contributed by atoms with Gasteiger partial charge in [-0.3, -0.25) is 0 Å². The minimum Gasteiger partial charge on any atom is -0.328 e. The molecule has 0 aliphatic heterocycles. The molecule has 0 amide bonds. The molecule has 2 fully saturated rings. The van der Waals surface area contributed by atoms with Crippen LogP contribution < -0.4 is 5.73 Å². The van der Waals surface area contributed by atoms with E-state index in [1.54, 1.807) is 0 Å². The lowest BCUT2D eigenvalue weighted by Gasteiger charge is -2.37. The molecule has 0 bridgehead atoms. The molecule has 0 atom stereocenters. The van der Waals surface area contributed by atoms with Gasteiger partial charge in [-0.15, -0.1) is 0 Å². The maximum absolute atomic E-state index is 6.00. The largest absolute Gasteiger partial charge is 0.328 e. The Kier molecular flexibility index (Phi) is 5.34. The Morgan fingerprint density at radius 1 is 0.824 bits per heavy atom. The monoisotopic (exact) mass is 237 g/mol. The molecule has 0 aromatic carbocycles. The Labute approximate surface area is 108 Å². The molecular weight excluding hydrogens is 206 g/mol. The van der Waals surface area contributed by atoms with Crippen molar-refractivity contribution in [2.75, 3.05) is 0 Å². The van der Waals surface area contributed by atoms with Gasteiger partial charge in [-0.25, -0.2) is 0 Å². The van der Waals surface area contributed by atoms with Gasteiger partial charge in [0.15, 0.2) is 0 Å². The van der Waals surface area contributed by atoms with Crippen LogP contribution in [0.1, 0.15) is 77.6 Å². The number of hydrogen-bond acceptors (Lipinski definition) is 1. The number of unbranched alkanes of at least 4 members (excludes halogenated alkanes) is 1. The van der Waals surface area contributed by atoms with Crippen molar-refractivity contribution in [1.29, 1.82) is 0 Å².